The van der Waals surface area contributed by atoms with Crippen molar-refractivity contribution in [2.24, 2.45) is 46.3 Å². The summed E-state index contributed by atoms with van der Waals surface area (Å²) in [6, 6.07) is 1.99. The number of rotatable bonds is 0. The normalized spacial score (nSPS) is 35.8. The van der Waals surface area contributed by atoms with E-state index < -0.39 is 0 Å². The molecule has 4 aromatic rings. The minimum Gasteiger partial charge on any atom is -0.345 e. The van der Waals surface area contributed by atoms with Crippen molar-refractivity contribution >= 4 is 33.2 Å². The Balaban J connectivity index is 1.38. The van der Waals surface area contributed by atoms with E-state index in [2.05, 4.69) is 56.4 Å². The zero-order valence-corrected chi connectivity index (χ0v) is 24.7. The van der Waals surface area contributed by atoms with E-state index in [1.165, 1.54) is 51.4 Å². The van der Waals surface area contributed by atoms with Gasteiger partial charge in [-0.15, -0.1) is 0 Å². The Hall–Kier alpha value is -3.44. The summed E-state index contributed by atoms with van der Waals surface area (Å²) >= 11 is 0. The number of nitrogens with zero attached hydrogens (tertiary/aromatic N) is 4. The number of aromatic nitrogens is 5. The Kier molecular flexibility index (Phi) is 5.57. The molecule has 1 aromatic carbocycles. The molecule has 3 aromatic heterocycles. The molecule has 0 spiro atoms. The van der Waals surface area contributed by atoms with E-state index >= 15 is 0 Å². The minimum atomic E-state index is 0.0449. The van der Waals surface area contributed by atoms with Gasteiger partial charge in [0.25, 0.3) is 0 Å². The van der Waals surface area contributed by atoms with Crippen molar-refractivity contribution in [3.8, 4) is 23.7 Å². The number of nitrogens with one attached hydrogen (secondary N) is 1. The fourth-order valence-corrected chi connectivity index (χ4v) is 9.71. The van der Waals surface area contributed by atoms with Crippen molar-refractivity contribution in [2.45, 2.75) is 79.1 Å². The molecular weight excluding hydrogens is 502 g/mol. The highest BCUT2D eigenvalue weighted by Crippen LogP contribution is 2.57. The molecule has 4 bridgehead atoms. The van der Waals surface area contributed by atoms with Crippen LogP contribution in [0.5, 0.6) is 0 Å². The lowest BCUT2D eigenvalue weighted by molar-refractivity contribution is -0.000489. The third-order valence-electron chi connectivity index (χ3n) is 12.1. The van der Waals surface area contributed by atoms with Crippen LogP contribution in [0.3, 0.4) is 0 Å². The van der Waals surface area contributed by atoms with E-state index in [1.807, 2.05) is 12.3 Å². The van der Waals surface area contributed by atoms with Gasteiger partial charge in [0.2, 0.25) is 0 Å². The highest BCUT2D eigenvalue weighted by molar-refractivity contribution is 6.05. The topological polar surface area (TPSA) is 67.3 Å². The lowest BCUT2D eigenvalue weighted by Gasteiger charge is -2.52. The zero-order chi connectivity index (χ0) is 27.9. The second kappa shape index (κ2) is 9.03. The minimum absolute atomic E-state index is 0.0449. The summed E-state index contributed by atoms with van der Waals surface area (Å²) < 4.78 is 0. The van der Waals surface area contributed by atoms with Crippen molar-refractivity contribution in [3.05, 3.63) is 35.8 Å². The van der Waals surface area contributed by atoms with Gasteiger partial charge < -0.3 is 4.98 Å². The summed E-state index contributed by atoms with van der Waals surface area (Å²) in [4.78, 5) is 23.3. The van der Waals surface area contributed by atoms with Gasteiger partial charge in [-0.05, 0) is 92.9 Å². The summed E-state index contributed by atoms with van der Waals surface area (Å²) in [6.45, 7) is 9.64. The first-order valence-corrected chi connectivity index (χ1v) is 15.9. The Morgan fingerprint density at radius 2 is 1.17 bits per heavy atom. The zero-order valence-electron chi connectivity index (χ0n) is 24.7. The average molecular weight is 542 g/mol. The molecule has 0 radical (unpaired) electrons. The molecule has 5 nitrogen and oxygen atoms in total. The maximum atomic E-state index is 5.15. The van der Waals surface area contributed by atoms with Gasteiger partial charge in [-0.25, -0.2) is 9.97 Å². The summed E-state index contributed by atoms with van der Waals surface area (Å²) in [5.74, 6) is 19.2. The van der Waals surface area contributed by atoms with Gasteiger partial charge in [-0.2, -0.15) is 0 Å². The van der Waals surface area contributed by atoms with Crippen LogP contribution < -0.4 is 0 Å². The predicted molar refractivity (Wildman–Crippen MR) is 164 cm³/mol. The van der Waals surface area contributed by atoms with Crippen LogP contribution in [-0.2, 0) is 0 Å². The molecule has 0 saturated heterocycles. The predicted octanol–water partition coefficient (Wildman–Crippen LogP) is 7.68. The average Bonchev–Trinajstić information content (AvgIpc) is 3.43. The lowest BCUT2D eigenvalue weighted by atomic mass is 9.51. The fourth-order valence-electron chi connectivity index (χ4n) is 9.71. The molecule has 3 heterocycles. The van der Waals surface area contributed by atoms with Gasteiger partial charge in [0, 0.05) is 29.4 Å². The van der Waals surface area contributed by atoms with Crippen molar-refractivity contribution in [1.82, 2.24) is 24.9 Å². The largest absolute Gasteiger partial charge is 0.345 e. The number of H-pyrrole nitrogens is 1. The number of hydrogen-bond donors (Lipinski definition) is 1. The van der Waals surface area contributed by atoms with Crippen molar-refractivity contribution in [2.75, 3.05) is 0 Å². The van der Waals surface area contributed by atoms with Crippen molar-refractivity contribution in [1.29, 1.82) is 0 Å². The van der Waals surface area contributed by atoms with Crippen LogP contribution in [0.1, 0.15) is 90.2 Å². The van der Waals surface area contributed by atoms with E-state index in [0.717, 1.165) is 56.2 Å². The molecule has 4 unspecified atom stereocenters. The smallest absolute Gasteiger partial charge is 0.156 e. The molecular formula is C36H39N5. The van der Waals surface area contributed by atoms with Gasteiger partial charge >= 0.3 is 0 Å². The van der Waals surface area contributed by atoms with Crippen LogP contribution in [0.4, 0.5) is 0 Å². The monoisotopic (exact) mass is 541 g/mol. The SMILES string of the molecule is CC1CC2CCC1(C#Cc1c3nccnc3c(C#CC34CCC(CC3C)CC4C)c3nc4[nH]ccc4nc13)C(C)C2. The molecule has 0 aliphatic heterocycles. The second-order valence-electron chi connectivity index (χ2n) is 14.1. The molecule has 4 atom stereocenters. The highest BCUT2D eigenvalue weighted by Gasteiger charge is 2.50. The summed E-state index contributed by atoms with van der Waals surface area (Å²) in [5.41, 5.74) is 6.58. The Bertz CT molecular complexity index is 1670. The van der Waals surface area contributed by atoms with E-state index in [9.17, 15) is 0 Å². The number of hydrogen-bond acceptors (Lipinski definition) is 4. The quantitative estimate of drug-likeness (QED) is 0.183. The first kappa shape index (κ1) is 25.3. The van der Waals surface area contributed by atoms with Gasteiger partial charge in [0.1, 0.15) is 27.6 Å². The molecule has 41 heavy (non-hydrogen) atoms. The third-order valence-corrected chi connectivity index (χ3v) is 12.1. The van der Waals surface area contributed by atoms with Crippen LogP contribution >= 0.6 is 0 Å². The number of benzene rings is 1. The molecule has 10 rings (SSSR count). The van der Waals surface area contributed by atoms with Crippen LogP contribution in [0.25, 0.3) is 33.2 Å². The van der Waals surface area contributed by atoms with E-state index in [-0.39, 0.29) is 10.8 Å². The summed E-state index contributed by atoms with van der Waals surface area (Å²) in [7, 11) is 0. The summed E-state index contributed by atoms with van der Waals surface area (Å²) in [5, 5.41) is 0. The van der Waals surface area contributed by atoms with Gasteiger partial charge in [-0.1, -0.05) is 51.4 Å². The maximum Gasteiger partial charge on any atom is 0.156 e. The molecule has 208 valence electrons. The van der Waals surface area contributed by atoms with Crippen LogP contribution in [0, 0.1) is 70.0 Å². The van der Waals surface area contributed by atoms with Gasteiger partial charge in [0.05, 0.1) is 11.1 Å². The van der Waals surface area contributed by atoms with Gasteiger partial charge in [0.15, 0.2) is 5.65 Å². The first-order chi connectivity index (χ1) is 19.9. The first-order valence-electron chi connectivity index (χ1n) is 15.9. The molecule has 5 heteroatoms. The van der Waals surface area contributed by atoms with Crippen molar-refractivity contribution < 1.29 is 0 Å². The van der Waals surface area contributed by atoms with Gasteiger partial charge in [-0.3, -0.25) is 9.97 Å². The maximum absolute atomic E-state index is 5.15. The fraction of sp³-hybridized carbons (Fsp3) is 0.556. The second-order valence-corrected chi connectivity index (χ2v) is 14.1. The van der Waals surface area contributed by atoms with Crippen LogP contribution in [0.2, 0.25) is 0 Å². The Morgan fingerprint density at radius 1 is 0.683 bits per heavy atom. The molecule has 6 saturated carbocycles. The molecule has 1 N–H and O–H groups in total. The summed E-state index contributed by atoms with van der Waals surface area (Å²) in [6.07, 6.45) is 15.6. The van der Waals surface area contributed by atoms with Crippen LogP contribution in [-0.4, -0.2) is 24.9 Å². The lowest BCUT2D eigenvalue weighted by Crippen LogP contribution is -2.45. The molecule has 6 aliphatic rings. The number of fused-ring (bicyclic) bond motifs is 9. The molecule has 6 fully saturated rings. The molecule has 6 aliphatic carbocycles. The third kappa shape index (κ3) is 3.64. The standard InChI is InChI=1S/C36H39N5/c1-21-17-25-5-10-35(21,22(2)18-25)12-7-27-30-31(38-16-15-37-30)28(33-32(27)40-29-9-14-39-34(29)41-33)8-13-36-11-6-26(19-23(36)3)20-24(36)4/h9,14-16,21-26H,5-6,10-11,17-20H2,1-4H3,(H,39,41). The van der Waals surface area contributed by atoms with Crippen LogP contribution in [0.15, 0.2) is 24.7 Å². The highest BCUT2D eigenvalue weighted by atomic mass is 14.9. The Morgan fingerprint density at radius 3 is 1.66 bits per heavy atom. The van der Waals surface area contributed by atoms with E-state index in [4.69, 9.17) is 19.9 Å². The number of aromatic amines is 1. The van der Waals surface area contributed by atoms with E-state index in [1.54, 1.807) is 12.4 Å². The Labute approximate surface area is 242 Å². The molecule has 0 amide bonds. The van der Waals surface area contributed by atoms with E-state index in [0.29, 0.717) is 23.7 Å². The van der Waals surface area contributed by atoms with Crippen molar-refractivity contribution in [3.63, 3.8) is 0 Å².